The van der Waals surface area contributed by atoms with Crippen LogP contribution in [0.4, 0.5) is 31.1 Å². The molecule has 0 N–H and O–H groups in total. The van der Waals surface area contributed by atoms with Crippen molar-refractivity contribution in [2.24, 2.45) is 0 Å². The first-order valence-electron chi connectivity index (χ1n) is 7.19. The first-order valence-corrected chi connectivity index (χ1v) is 7.19. The number of hydrogen-bond donors (Lipinski definition) is 0. The monoisotopic (exact) mass is 386 g/mol. The van der Waals surface area contributed by atoms with E-state index < -0.39 is 47.1 Å². The van der Waals surface area contributed by atoms with E-state index in [1.807, 2.05) is 0 Å². The molecule has 6 nitrogen and oxygen atoms in total. The molecule has 12 heteroatoms. The molecule has 2 heterocycles. The van der Waals surface area contributed by atoms with Crippen LogP contribution < -0.4 is 4.74 Å². The van der Waals surface area contributed by atoms with Crippen molar-refractivity contribution in [1.82, 2.24) is 9.88 Å². The Bertz CT molecular complexity index is 711. The molecule has 0 aliphatic carbocycles. The lowest BCUT2D eigenvalue weighted by Gasteiger charge is -2.19. The molecule has 1 aliphatic rings. The maximum absolute atomic E-state index is 13.1. The lowest BCUT2D eigenvalue weighted by molar-refractivity contribution is -0.150. The average Bonchev–Trinajstić information content (AvgIpc) is 3.06. The number of halogens is 6. The Balaban J connectivity index is 2.61. The Hall–Kier alpha value is -2.53. The number of pyridine rings is 1. The van der Waals surface area contributed by atoms with Crippen molar-refractivity contribution in [3.05, 3.63) is 23.0 Å². The van der Waals surface area contributed by atoms with E-state index in [9.17, 15) is 35.9 Å². The molecule has 0 spiro atoms. The maximum atomic E-state index is 13.1. The van der Waals surface area contributed by atoms with Crippen LogP contribution in [-0.2, 0) is 17.1 Å². The van der Waals surface area contributed by atoms with Crippen molar-refractivity contribution in [1.29, 1.82) is 0 Å². The Labute approximate surface area is 142 Å². The van der Waals surface area contributed by atoms with Gasteiger partial charge in [0.1, 0.15) is 11.3 Å². The molecule has 2 rings (SSSR count). The van der Waals surface area contributed by atoms with Gasteiger partial charge in [-0.3, -0.25) is 0 Å². The normalized spacial score (nSPS) is 15.1. The molecule has 1 aliphatic heterocycles. The van der Waals surface area contributed by atoms with Crippen LogP contribution in [-0.4, -0.2) is 42.1 Å². The molecule has 0 radical (unpaired) electrons. The van der Waals surface area contributed by atoms with Crippen molar-refractivity contribution in [3.63, 3.8) is 0 Å². The summed E-state index contributed by atoms with van der Waals surface area (Å²) in [6.07, 6.45) is -10.6. The summed E-state index contributed by atoms with van der Waals surface area (Å²) in [5.41, 5.74) is -5.51. The number of rotatable bonds is 2. The molecule has 0 bridgehead atoms. The minimum Gasteiger partial charge on any atom is -0.465 e. The number of alkyl halides is 6. The van der Waals surface area contributed by atoms with Gasteiger partial charge >= 0.3 is 24.4 Å². The van der Waals surface area contributed by atoms with Crippen LogP contribution in [0.3, 0.4) is 0 Å². The van der Waals surface area contributed by atoms with Gasteiger partial charge in [0.2, 0.25) is 0 Å². The number of hydrogen-bond acceptors (Lipinski definition) is 5. The fourth-order valence-corrected chi connectivity index (χ4v) is 2.31. The number of carbonyl (C=O) groups is 2. The van der Waals surface area contributed by atoms with E-state index in [-0.39, 0.29) is 19.2 Å². The summed E-state index contributed by atoms with van der Waals surface area (Å²) in [7, 11) is 0.728. The van der Waals surface area contributed by atoms with Crippen LogP contribution in [0, 0.1) is 0 Å². The van der Waals surface area contributed by atoms with Crippen LogP contribution in [0.15, 0.2) is 6.07 Å². The summed E-state index contributed by atoms with van der Waals surface area (Å²) >= 11 is 0. The first kappa shape index (κ1) is 19.8. The van der Waals surface area contributed by atoms with E-state index in [4.69, 9.17) is 0 Å². The van der Waals surface area contributed by atoms with E-state index in [1.54, 1.807) is 0 Å². The molecular weight excluding hydrogens is 374 g/mol. The fraction of sp³-hybridized carbons (Fsp3) is 0.500. The maximum Gasteiger partial charge on any atom is 0.434 e. The van der Waals surface area contributed by atoms with Crippen LogP contribution in [0.5, 0.6) is 5.75 Å². The molecule has 0 unspecified atom stereocenters. The van der Waals surface area contributed by atoms with Gasteiger partial charge in [0, 0.05) is 19.2 Å². The molecule has 1 saturated heterocycles. The molecule has 144 valence electrons. The van der Waals surface area contributed by atoms with Crippen molar-refractivity contribution in [3.8, 4) is 5.75 Å². The van der Waals surface area contributed by atoms with Gasteiger partial charge in [0.25, 0.3) is 0 Å². The molecule has 1 aromatic heterocycles. The highest BCUT2D eigenvalue weighted by atomic mass is 19.4. The predicted octanol–water partition coefficient (Wildman–Crippen LogP) is 3.50. The third kappa shape index (κ3) is 4.17. The van der Waals surface area contributed by atoms with E-state index in [0.29, 0.717) is 12.8 Å². The van der Waals surface area contributed by atoms with E-state index >= 15 is 0 Å². The van der Waals surface area contributed by atoms with Crippen LogP contribution in [0.1, 0.15) is 34.6 Å². The molecule has 26 heavy (non-hydrogen) atoms. The van der Waals surface area contributed by atoms with E-state index in [1.165, 1.54) is 0 Å². The van der Waals surface area contributed by atoms with Crippen molar-refractivity contribution in [2.75, 3.05) is 20.2 Å². The highest BCUT2D eigenvalue weighted by Crippen LogP contribution is 2.39. The number of nitrogens with zero attached hydrogens (tertiary/aromatic N) is 2. The number of amides is 1. The SMILES string of the molecule is COC(=O)c1c(OC(=O)N2CCCC2)cc(C(F)(F)F)nc1C(F)(F)F. The van der Waals surface area contributed by atoms with Gasteiger partial charge in [0.15, 0.2) is 11.4 Å². The molecular formula is C14H12F6N2O4. The van der Waals surface area contributed by atoms with E-state index in [0.717, 1.165) is 12.0 Å². The van der Waals surface area contributed by atoms with Gasteiger partial charge in [-0.1, -0.05) is 0 Å². The summed E-state index contributed by atoms with van der Waals surface area (Å²) < 4.78 is 87.0. The van der Waals surface area contributed by atoms with Crippen LogP contribution >= 0.6 is 0 Å². The zero-order valence-corrected chi connectivity index (χ0v) is 13.2. The topological polar surface area (TPSA) is 68.7 Å². The second-order valence-electron chi connectivity index (χ2n) is 5.28. The molecule has 1 amide bonds. The van der Waals surface area contributed by atoms with Crippen molar-refractivity contribution < 1.29 is 45.4 Å². The van der Waals surface area contributed by atoms with Gasteiger partial charge in [-0.05, 0) is 12.8 Å². The zero-order valence-electron chi connectivity index (χ0n) is 13.2. The molecule has 0 aromatic carbocycles. The molecule has 0 saturated carbocycles. The summed E-state index contributed by atoms with van der Waals surface area (Å²) in [4.78, 5) is 27.3. The van der Waals surface area contributed by atoms with Crippen LogP contribution in [0.2, 0.25) is 0 Å². The second kappa shape index (κ2) is 7.00. The fourth-order valence-electron chi connectivity index (χ4n) is 2.31. The number of esters is 1. The number of likely N-dealkylation sites (tertiary alicyclic amines) is 1. The Morgan fingerprint density at radius 2 is 1.65 bits per heavy atom. The number of methoxy groups -OCH3 is 1. The van der Waals surface area contributed by atoms with Gasteiger partial charge in [-0.15, -0.1) is 0 Å². The third-order valence-corrected chi connectivity index (χ3v) is 3.49. The highest BCUT2D eigenvalue weighted by molar-refractivity contribution is 5.94. The van der Waals surface area contributed by atoms with Gasteiger partial charge in [-0.2, -0.15) is 26.3 Å². The smallest absolute Gasteiger partial charge is 0.434 e. The predicted molar refractivity (Wildman–Crippen MR) is 72.4 cm³/mol. The number of carbonyl (C=O) groups excluding carboxylic acids is 2. The van der Waals surface area contributed by atoms with Crippen molar-refractivity contribution >= 4 is 12.1 Å². The molecule has 0 atom stereocenters. The molecule has 1 fully saturated rings. The highest BCUT2D eigenvalue weighted by Gasteiger charge is 2.44. The van der Waals surface area contributed by atoms with Gasteiger partial charge in [-0.25, -0.2) is 14.6 Å². The van der Waals surface area contributed by atoms with Crippen LogP contribution in [0.25, 0.3) is 0 Å². The summed E-state index contributed by atoms with van der Waals surface area (Å²) in [6, 6.07) is 0.0649. The Kier molecular flexibility index (Phi) is 5.33. The first-order chi connectivity index (χ1) is 11.9. The quantitative estimate of drug-likeness (QED) is 0.575. The van der Waals surface area contributed by atoms with Gasteiger partial charge < -0.3 is 14.4 Å². The largest absolute Gasteiger partial charge is 0.465 e. The summed E-state index contributed by atoms with van der Waals surface area (Å²) in [5, 5.41) is 0. The number of ether oxygens (including phenoxy) is 2. The second-order valence-corrected chi connectivity index (χ2v) is 5.28. The standard InChI is InChI=1S/C14H12F6N2O4/c1-25-11(23)9-7(26-12(24)22-4-2-3-5-22)6-8(13(15,16)17)21-10(9)14(18,19)20/h6H,2-5H2,1H3. The molecule has 1 aromatic rings. The lowest BCUT2D eigenvalue weighted by Crippen LogP contribution is -2.32. The third-order valence-electron chi connectivity index (χ3n) is 3.49. The zero-order chi connectivity index (χ0) is 19.7. The minimum atomic E-state index is -5.42. The van der Waals surface area contributed by atoms with Crippen molar-refractivity contribution in [2.45, 2.75) is 25.2 Å². The Morgan fingerprint density at radius 3 is 2.12 bits per heavy atom. The van der Waals surface area contributed by atoms with Gasteiger partial charge in [0.05, 0.1) is 7.11 Å². The summed E-state index contributed by atoms with van der Waals surface area (Å²) in [5.74, 6) is -2.86. The minimum absolute atomic E-state index is 0.0649. The number of aromatic nitrogens is 1. The average molecular weight is 386 g/mol. The lowest BCUT2D eigenvalue weighted by atomic mass is 10.1. The Morgan fingerprint density at radius 1 is 1.08 bits per heavy atom. The summed E-state index contributed by atoms with van der Waals surface area (Å²) in [6.45, 7) is 0.464. The van der Waals surface area contributed by atoms with E-state index in [2.05, 4.69) is 14.5 Å².